The maximum absolute atomic E-state index is 9.50. The van der Waals surface area contributed by atoms with E-state index in [1.54, 1.807) is 116 Å². The quantitative estimate of drug-likeness (QED) is 0.0696. The van der Waals surface area contributed by atoms with Gasteiger partial charge in [-0.1, -0.05) is 345 Å². The Morgan fingerprint density at radius 3 is 0.741 bits per heavy atom. The zero-order chi connectivity index (χ0) is 85.3. The molecule has 13 aromatic carbocycles. The van der Waals surface area contributed by atoms with Crippen molar-refractivity contribution in [3.8, 4) is 57.5 Å². The van der Waals surface area contributed by atoms with Crippen LogP contribution in [0.4, 0.5) is 0 Å². The van der Waals surface area contributed by atoms with Gasteiger partial charge in [0.1, 0.15) is 57.5 Å². The first kappa shape index (κ1) is 113. The molecule has 0 aliphatic heterocycles. The summed E-state index contributed by atoms with van der Waals surface area (Å²) in [4.78, 5) is 0. The number of rotatable bonds is 0. The van der Waals surface area contributed by atoms with Gasteiger partial charge in [-0.15, -0.1) is 0 Å². The average molecular weight is 1480 g/mol. The molecule has 0 aliphatic rings. The molecule has 0 radical (unpaired) electrons. The smallest absolute Gasteiger partial charge is 0.123 e. The second kappa shape index (κ2) is 76.1. The standard InChI is InChI=1S/C11H10O2.2C10H8O2.3C10H8O.C9H12O.14C2H6/c1-7-5-9-8(6-11(7)13)3-2-4-10(9)12;11-9-3-1-7-2-4-10(12)6-8(7)5-9;11-8-4-5-9-7(6-8)2-1-3-10(9)12;11-10-7-3-5-8-4-1-2-6-9(8)10;2*11-10-6-5-8-3-1-2-4-9(8)7-10;1-6-4-7(2)9(10)8(3)5-6;14*1-2/h2-6,12-13H,1H3;2*1-6,11-12H;3*1-7,11H;4-5,10H,1-3H3;14*1-2H3. The van der Waals surface area contributed by atoms with E-state index in [2.05, 4.69) is 0 Å². The highest BCUT2D eigenvalue weighted by Gasteiger charge is 2.04. The molecular formula is C98H146O10. The summed E-state index contributed by atoms with van der Waals surface area (Å²) in [6.45, 7) is 63.7. The van der Waals surface area contributed by atoms with E-state index in [0.29, 0.717) is 23.0 Å². The van der Waals surface area contributed by atoms with E-state index in [0.717, 1.165) is 81.3 Å². The minimum absolute atomic E-state index is 0.216. The van der Waals surface area contributed by atoms with Gasteiger partial charge in [0.05, 0.1) is 0 Å². The van der Waals surface area contributed by atoms with Gasteiger partial charge in [-0.3, -0.25) is 0 Å². The molecule has 0 saturated heterocycles. The number of phenols is 10. The van der Waals surface area contributed by atoms with E-state index in [9.17, 15) is 25.5 Å². The van der Waals surface area contributed by atoms with Crippen LogP contribution in [0.25, 0.3) is 64.6 Å². The summed E-state index contributed by atoms with van der Waals surface area (Å²) in [6, 6.07) is 72.7. The van der Waals surface area contributed by atoms with Crippen LogP contribution in [-0.2, 0) is 0 Å². The Morgan fingerprint density at radius 2 is 0.398 bits per heavy atom. The minimum atomic E-state index is 0.216. The topological polar surface area (TPSA) is 202 Å². The van der Waals surface area contributed by atoms with E-state index >= 15 is 0 Å². The van der Waals surface area contributed by atoms with Crippen molar-refractivity contribution in [1.29, 1.82) is 0 Å². The summed E-state index contributed by atoms with van der Waals surface area (Å²) in [5, 5.41) is 104. The van der Waals surface area contributed by atoms with Crippen LogP contribution in [0.2, 0.25) is 0 Å². The summed E-state index contributed by atoms with van der Waals surface area (Å²) in [5.74, 6) is 2.82. The normalized spacial score (nSPS) is 8.37. The van der Waals surface area contributed by atoms with E-state index in [4.69, 9.17) is 25.5 Å². The van der Waals surface area contributed by atoms with Gasteiger partial charge in [-0.2, -0.15) is 0 Å². The van der Waals surface area contributed by atoms with Gasteiger partial charge in [0.25, 0.3) is 0 Å². The predicted molar refractivity (Wildman–Crippen MR) is 485 cm³/mol. The van der Waals surface area contributed by atoms with Gasteiger partial charge in [-0.05, 0) is 190 Å². The molecule has 10 heteroatoms. The van der Waals surface area contributed by atoms with Crippen molar-refractivity contribution in [2.24, 2.45) is 0 Å². The van der Waals surface area contributed by atoms with Crippen molar-refractivity contribution in [3.05, 3.63) is 265 Å². The fourth-order valence-corrected chi connectivity index (χ4v) is 8.61. The molecule has 0 saturated carbocycles. The predicted octanol–water partition coefficient (Wildman–Crippen LogP) is 31.4. The third-order valence-corrected chi connectivity index (χ3v) is 12.7. The zero-order valence-electron chi connectivity index (χ0n) is 72.6. The van der Waals surface area contributed by atoms with Crippen molar-refractivity contribution in [2.45, 2.75) is 222 Å². The highest BCUT2D eigenvalue weighted by molar-refractivity contribution is 5.91. The number of aryl methyl sites for hydroxylation is 4. The molecule has 0 aliphatic carbocycles. The summed E-state index contributed by atoms with van der Waals surface area (Å²) >= 11 is 0. The molecule has 13 aromatic rings. The molecular weight excluding hydrogens is 1340 g/mol. The van der Waals surface area contributed by atoms with Crippen LogP contribution in [0.15, 0.2) is 243 Å². The summed E-state index contributed by atoms with van der Waals surface area (Å²) in [6.07, 6.45) is 0. The number of aromatic hydroxyl groups is 10. The molecule has 10 nitrogen and oxygen atoms in total. The van der Waals surface area contributed by atoms with Gasteiger partial charge in [0.2, 0.25) is 0 Å². The molecule has 0 aromatic heterocycles. The summed E-state index contributed by atoms with van der Waals surface area (Å²) in [5.41, 5.74) is 3.89. The number of hydrogen-bond acceptors (Lipinski definition) is 10. The van der Waals surface area contributed by atoms with Crippen molar-refractivity contribution in [2.75, 3.05) is 0 Å². The third-order valence-electron chi connectivity index (χ3n) is 12.7. The van der Waals surface area contributed by atoms with Gasteiger partial charge in [0.15, 0.2) is 0 Å². The average Bonchev–Trinajstić information content (AvgIpc) is 0.774. The van der Waals surface area contributed by atoms with E-state index in [1.165, 1.54) is 5.56 Å². The van der Waals surface area contributed by atoms with Crippen molar-refractivity contribution >= 4 is 64.6 Å². The number of fused-ring (bicyclic) bond motifs is 6. The van der Waals surface area contributed by atoms with E-state index < -0.39 is 0 Å². The van der Waals surface area contributed by atoms with Crippen molar-refractivity contribution in [1.82, 2.24) is 0 Å². The van der Waals surface area contributed by atoms with Crippen LogP contribution in [0.3, 0.4) is 0 Å². The van der Waals surface area contributed by atoms with Crippen molar-refractivity contribution < 1.29 is 51.1 Å². The zero-order valence-corrected chi connectivity index (χ0v) is 72.6. The first-order valence-corrected chi connectivity index (χ1v) is 39.4. The maximum atomic E-state index is 9.50. The molecule has 108 heavy (non-hydrogen) atoms. The molecule has 598 valence electrons. The molecule has 0 amide bonds. The SMILES string of the molecule is CC.CC.CC.CC.CC.CC.CC.CC.CC.CC.CC.CC.CC.CC.Cc1cc(C)c(O)c(C)c1.Cc1cc2c(O)cccc2cc1O.Oc1ccc2c(O)cccc2c1.Oc1ccc2ccc(O)cc2c1.Oc1ccc2ccccc2c1.Oc1ccc2ccccc2c1.Oc1cccc2ccccc12. The lowest BCUT2D eigenvalue weighted by Gasteiger charge is -2.03. The van der Waals surface area contributed by atoms with Crippen LogP contribution < -0.4 is 0 Å². The number of hydrogen-bond donors (Lipinski definition) is 10. The van der Waals surface area contributed by atoms with Crippen LogP contribution >= 0.6 is 0 Å². The second-order valence-electron chi connectivity index (χ2n) is 18.8. The Kier molecular flexibility index (Phi) is 79.8. The Labute approximate surface area is 656 Å². The molecule has 10 N–H and O–H groups in total. The highest BCUT2D eigenvalue weighted by Crippen LogP contribution is 2.31. The Balaban J connectivity index is -0.000000171. The van der Waals surface area contributed by atoms with E-state index in [-0.39, 0.29) is 34.5 Å². The maximum Gasteiger partial charge on any atom is 0.123 e. The minimum Gasteiger partial charge on any atom is -0.508 e. The van der Waals surface area contributed by atoms with Crippen molar-refractivity contribution in [3.63, 3.8) is 0 Å². The second-order valence-corrected chi connectivity index (χ2v) is 18.8. The van der Waals surface area contributed by atoms with Crippen LogP contribution in [0.1, 0.15) is 216 Å². The Bertz CT molecular complexity index is 4050. The Morgan fingerprint density at radius 1 is 0.157 bits per heavy atom. The molecule has 13 rings (SSSR count). The van der Waals surface area contributed by atoms with Gasteiger partial charge in [0, 0.05) is 16.2 Å². The molecule has 0 heterocycles. The Hall–Kier alpha value is -10.6. The lowest BCUT2D eigenvalue weighted by Crippen LogP contribution is -1.81. The molecule has 0 fully saturated rings. The molecule has 0 atom stereocenters. The van der Waals surface area contributed by atoms with Crippen LogP contribution in [0.5, 0.6) is 57.5 Å². The lowest BCUT2D eigenvalue weighted by molar-refractivity contribution is 0.466. The third kappa shape index (κ3) is 45.0. The monoisotopic (exact) mass is 1480 g/mol. The molecule has 0 bridgehead atoms. The largest absolute Gasteiger partial charge is 0.508 e. The van der Waals surface area contributed by atoms with Gasteiger partial charge < -0.3 is 51.1 Å². The summed E-state index contributed by atoms with van der Waals surface area (Å²) in [7, 11) is 0. The highest BCUT2D eigenvalue weighted by atomic mass is 16.3. The van der Waals surface area contributed by atoms with Crippen LogP contribution in [-0.4, -0.2) is 51.1 Å². The first-order chi connectivity index (χ1) is 52.4. The number of benzene rings is 13. The fraction of sp³-hybridized carbons (Fsp3) is 0.327. The van der Waals surface area contributed by atoms with Crippen LogP contribution in [0, 0.1) is 27.7 Å². The summed E-state index contributed by atoms with van der Waals surface area (Å²) < 4.78 is 0. The number of phenolic OH excluding ortho intramolecular Hbond substituents is 10. The molecule has 0 spiro atoms. The van der Waals surface area contributed by atoms with Gasteiger partial charge >= 0.3 is 0 Å². The molecule has 0 unspecified atom stereocenters. The first-order valence-electron chi connectivity index (χ1n) is 39.4. The van der Waals surface area contributed by atoms with E-state index in [1.807, 2.05) is 348 Å². The lowest BCUT2D eigenvalue weighted by atomic mass is 10.1. The van der Waals surface area contributed by atoms with Gasteiger partial charge in [-0.25, -0.2) is 0 Å². The fourth-order valence-electron chi connectivity index (χ4n) is 8.61.